The molecule has 1 aromatic heterocycles. The molecular formula is C23H26N2O4. The third-order valence-electron chi connectivity index (χ3n) is 6.61. The van der Waals surface area contributed by atoms with E-state index in [1.54, 1.807) is 6.20 Å². The summed E-state index contributed by atoms with van der Waals surface area (Å²) < 4.78 is 8.09. The van der Waals surface area contributed by atoms with Crippen LogP contribution in [0.25, 0.3) is 11.3 Å². The number of benzene rings is 1. The summed E-state index contributed by atoms with van der Waals surface area (Å²) in [5.41, 5.74) is 4.91. The number of anilines is 1. The second-order valence-corrected chi connectivity index (χ2v) is 8.69. The molecule has 0 radical (unpaired) electrons. The average molecular weight is 394 g/mol. The van der Waals surface area contributed by atoms with E-state index < -0.39 is 11.4 Å². The summed E-state index contributed by atoms with van der Waals surface area (Å²) in [7, 11) is 0. The molecule has 1 N–H and O–H groups in total. The van der Waals surface area contributed by atoms with E-state index in [-0.39, 0.29) is 11.6 Å². The maximum Gasteiger partial charge on any atom is 0.341 e. The Hall–Kier alpha value is -2.76. The number of nitrogens with zero attached hydrogens (tertiary/aromatic N) is 2. The summed E-state index contributed by atoms with van der Waals surface area (Å²) in [5, 5.41) is 9.46. The summed E-state index contributed by atoms with van der Waals surface area (Å²) >= 11 is 0. The fourth-order valence-electron chi connectivity index (χ4n) is 5.16. The van der Waals surface area contributed by atoms with Crippen molar-refractivity contribution in [1.82, 2.24) is 4.57 Å². The number of carboxylic acid groups (broad SMARTS) is 1. The van der Waals surface area contributed by atoms with Gasteiger partial charge in [-0.25, -0.2) is 4.79 Å². The summed E-state index contributed by atoms with van der Waals surface area (Å²) in [5.74, 6) is 0.0947. The molecule has 5 rings (SSSR count). The topological polar surface area (TPSA) is 71.8 Å². The third kappa shape index (κ3) is 2.76. The molecule has 6 heteroatoms. The molecule has 0 saturated carbocycles. The highest BCUT2D eigenvalue weighted by Crippen LogP contribution is 2.48. The average Bonchev–Trinajstić information content (AvgIpc) is 3.37. The normalized spacial score (nSPS) is 19.7. The van der Waals surface area contributed by atoms with Crippen molar-refractivity contribution in [3.63, 3.8) is 0 Å². The van der Waals surface area contributed by atoms with Gasteiger partial charge in [0.25, 0.3) is 0 Å². The number of hydrogen-bond acceptors (Lipinski definition) is 4. The number of fused-ring (bicyclic) bond motifs is 5. The molecule has 0 amide bonds. The molecule has 1 saturated heterocycles. The van der Waals surface area contributed by atoms with Gasteiger partial charge in [-0.05, 0) is 36.8 Å². The smallest absolute Gasteiger partial charge is 0.341 e. The van der Waals surface area contributed by atoms with Crippen molar-refractivity contribution in [1.29, 1.82) is 0 Å². The lowest BCUT2D eigenvalue weighted by Crippen LogP contribution is -2.29. The molecule has 1 aromatic carbocycles. The summed E-state index contributed by atoms with van der Waals surface area (Å²) in [6.45, 7) is 7.06. The Morgan fingerprint density at radius 2 is 2.00 bits per heavy atom. The van der Waals surface area contributed by atoms with Gasteiger partial charge in [-0.2, -0.15) is 0 Å². The quantitative estimate of drug-likeness (QED) is 0.863. The fraction of sp³-hybridized carbons (Fsp3) is 0.478. The number of carbonyl (C=O) groups is 1. The molecular weight excluding hydrogens is 368 g/mol. The van der Waals surface area contributed by atoms with Crippen molar-refractivity contribution in [2.24, 2.45) is 5.92 Å². The van der Waals surface area contributed by atoms with E-state index in [1.807, 2.05) is 4.57 Å². The van der Waals surface area contributed by atoms with Crippen LogP contribution in [0, 0.1) is 5.92 Å². The zero-order valence-electron chi connectivity index (χ0n) is 16.9. The highest BCUT2D eigenvalue weighted by Gasteiger charge is 2.34. The minimum Gasteiger partial charge on any atom is -0.491 e. The van der Waals surface area contributed by atoms with E-state index in [0.29, 0.717) is 12.5 Å². The van der Waals surface area contributed by atoms with Gasteiger partial charge in [0.05, 0.1) is 18.0 Å². The number of ether oxygens (including phenoxy) is 1. The molecule has 0 spiro atoms. The molecule has 1 unspecified atom stereocenters. The zero-order chi connectivity index (χ0) is 20.3. The van der Waals surface area contributed by atoms with Gasteiger partial charge >= 0.3 is 5.97 Å². The molecule has 0 aliphatic carbocycles. The monoisotopic (exact) mass is 394 g/mol. The molecule has 1 fully saturated rings. The van der Waals surface area contributed by atoms with Crippen LogP contribution in [0.2, 0.25) is 0 Å². The number of rotatable bonds is 3. The highest BCUT2D eigenvalue weighted by atomic mass is 16.5. The van der Waals surface area contributed by atoms with Crippen LogP contribution in [0.4, 0.5) is 5.69 Å². The van der Waals surface area contributed by atoms with E-state index in [2.05, 4.69) is 24.8 Å². The Balaban J connectivity index is 1.77. The maximum atomic E-state index is 12.6. The van der Waals surface area contributed by atoms with Crippen molar-refractivity contribution in [2.45, 2.75) is 45.6 Å². The SMILES string of the molecule is CC(C)C1Cc2cc(N3CCCC3)c3c(c2-c2cc(=O)c(C(=O)O)cn21)CCO3. The Morgan fingerprint density at radius 3 is 2.69 bits per heavy atom. The number of hydrogen-bond donors (Lipinski definition) is 1. The van der Waals surface area contributed by atoms with Crippen molar-refractivity contribution < 1.29 is 14.6 Å². The largest absolute Gasteiger partial charge is 0.491 e. The van der Waals surface area contributed by atoms with E-state index in [0.717, 1.165) is 42.9 Å². The lowest BCUT2D eigenvalue weighted by molar-refractivity contribution is 0.0694. The summed E-state index contributed by atoms with van der Waals surface area (Å²) in [6, 6.07) is 3.90. The Morgan fingerprint density at radius 1 is 1.24 bits per heavy atom. The number of aromatic nitrogens is 1. The molecule has 1 atom stereocenters. The van der Waals surface area contributed by atoms with E-state index in [9.17, 15) is 14.7 Å². The van der Waals surface area contributed by atoms with Crippen LogP contribution >= 0.6 is 0 Å². The summed E-state index contributed by atoms with van der Waals surface area (Å²) in [6.07, 6.45) is 5.61. The predicted molar refractivity (Wildman–Crippen MR) is 111 cm³/mol. The summed E-state index contributed by atoms with van der Waals surface area (Å²) in [4.78, 5) is 26.6. The van der Waals surface area contributed by atoms with Gasteiger partial charge in [-0.3, -0.25) is 4.79 Å². The lowest BCUT2D eigenvalue weighted by Gasteiger charge is -2.35. The van der Waals surface area contributed by atoms with Crippen LogP contribution < -0.4 is 15.1 Å². The first-order chi connectivity index (χ1) is 14.0. The van der Waals surface area contributed by atoms with Gasteiger partial charge in [-0.1, -0.05) is 13.8 Å². The van der Waals surface area contributed by atoms with Gasteiger partial charge < -0.3 is 19.3 Å². The Bertz CT molecular complexity index is 1060. The fourth-order valence-corrected chi connectivity index (χ4v) is 5.16. The number of carboxylic acids is 1. The molecule has 29 heavy (non-hydrogen) atoms. The van der Waals surface area contributed by atoms with Crippen LogP contribution in [0.1, 0.15) is 54.2 Å². The van der Waals surface area contributed by atoms with Crippen molar-refractivity contribution in [3.05, 3.63) is 45.2 Å². The van der Waals surface area contributed by atoms with E-state index in [4.69, 9.17) is 4.74 Å². The minimum atomic E-state index is -1.17. The molecule has 3 aliphatic rings. The van der Waals surface area contributed by atoms with Gasteiger partial charge in [0, 0.05) is 48.9 Å². The third-order valence-corrected chi connectivity index (χ3v) is 6.61. The van der Waals surface area contributed by atoms with E-state index >= 15 is 0 Å². The second kappa shape index (κ2) is 6.65. The minimum absolute atomic E-state index is 0.114. The Kier molecular flexibility index (Phi) is 4.19. The number of aromatic carboxylic acids is 1. The first-order valence-electron chi connectivity index (χ1n) is 10.5. The molecule has 0 bridgehead atoms. The first kappa shape index (κ1) is 18.3. The predicted octanol–water partition coefficient (Wildman–Crippen LogP) is 3.50. The highest BCUT2D eigenvalue weighted by molar-refractivity contribution is 5.88. The first-order valence-corrected chi connectivity index (χ1v) is 10.5. The molecule has 3 aliphatic heterocycles. The van der Waals surface area contributed by atoms with Crippen molar-refractivity contribution in [2.75, 3.05) is 24.6 Å². The van der Waals surface area contributed by atoms with Gasteiger partial charge in [0.15, 0.2) is 5.43 Å². The molecule has 2 aromatic rings. The Labute approximate surface area is 169 Å². The van der Waals surface area contributed by atoms with Crippen LogP contribution in [0.5, 0.6) is 5.75 Å². The molecule has 6 nitrogen and oxygen atoms in total. The van der Waals surface area contributed by atoms with Crippen molar-refractivity contribution >= 4 is 11.7 Å². The zero-order valence-corrected chi connectivity index (χ0v) is 16.9. The second-order valence-electron chi connectivity index (χ2n) is 8.69. The van der Waals surface area contributed by atoms with Crippen molar-refractivity contribution in [3.8, 4) is 17.0 Å². The van der Waals surface area contributed by atoms with Gasteiger partial charge in [0.1, 0.15) is 11.3 Å². The van der Waals surface area contributed by atoms with Crippen LogP contribution in [0.3, 0.4) is 0 Å². The molecule has 4 heterocycles. The van der Waals surface area contributed by atoms with Crippen LogP contribution in [-0.2, 0) is 12.8 Å². The number of pyridine rings is 1. The van der Waals surface area contributed by atoms with Gasteiger partial charge in [-0.15, -0.1) is 0 Å². The lowest BCUT2D eigenvalue weighted by atomic mass is 9.84. The molecule has 152 valence electrons. The van der Waals surface area contributed by atoms with E-state index in [1.165, 1.54) is 35.7 Å². The van der Waals surface area contributed by atoms with Crippen LogP contribution in [0.15, 0.2) is 23.1 Å². The van der Waals surface area contributed by atoms with Crippen LogP contribution in [-0.4, -0.2) is 35.3 Å². The van der Waals surface area contributed by atoms with Gasteiger partial charge in [0.2, 0.25) is 0 Å². The maximum absolute atomic E-state index is 12.6. The standard InChI is InChI=1S/C23H26N2O4/c1-13(2)17-9-14-10-19(24-6-3-4-7-24)22-15(5-8-29-22)21(14)18-11-20(26)16(23(27)28)12-25(17)18/h10-13,17H,3-9H2,1-2H3,(H,27,28).